The Balaban J connectivity index is 1.67. The number of rotatable bonds is 6. The molecule has 1 aliphatic heterocycles. The van der Waals surface area contributed by atoms with Crippen LogP contribution in [0.5, 0.6) is 0 Å². The topological polar surface area (TPSA) is 82.5 Å². The van der Waals surface area contributed by atoms with Gasteiger partial charge in [0.25, 0.3) is 5.91 Å². The molecule has 1 N–H and O–H groups in total. The van der Waals surface area contributed by atoms with E-state index < -0.39 is 23.2 Å². The third-order valence-electron chi connectivity index (χ3n) is 5.06. The van der Waals surface area contributed by atoms with Crippen molar-refractivity contribution >= 4 is 11.9 Å². The number of amides is 1. The molecular weight excluding hydrogens is 408 g/mol. The van der Waals surface area contributed by atoms with Crippen LogP contribution in [0, 0.1) is 11.6 Å². The van der Waals surface area contributed by atoms with Crippen molar-refractivity contribution in [2.45, 2.75) is 45.6 Å². The highest BCUT2D eigenvalue weighted by atomic mass is 19.1. The maximum absolute atomic E-state index is 13.7. The molecule has 0 saturated carbocycles. The molecule has 0 fully saturated rings. The molecule has 168 valence electrons. The monoisotopic (exact) mass is 435 g/mol. The molecule has 0 bridgehead atoms. The Labute approximate surface area is 179 Å². The number of aromatic nitrogens is 2. The SMILES string of the molecule is CCc1nn(CCCOC(=O)c2c(F)cccc2F)c2c1C(=O)NCCCOCCC2. The van der Waals surface area contributed by atoms with Gasteiger partial charge in [-0.2, -0.15) is 5.10 Å². The summed E-state index contributed by atoms with van der Waals surface area (Å²) in [7, 11) is 0. The summed E-state index contributed by atoms with van der Waals surface area (Å²) in [4.78, 5) is 24.7. The van der Waals surface area contributed by atoms with Gasteiger partial charge in [0.2, 0.25) is 0 Å². The number of aryl methyl sites for hydroxylation is 2. The summed E-state index contributed by atoms with van der Waals surface area (Å²) < 4.78 is 39.8. The quantitative estimate of drug-likeness (QED) is 0.557. The highest BCUT2D eigenvalue weighted by Crippen LogP contribution is 2.19. The zero-order valence-electron chi connectivity index (χ0n) is 17.6. The molecule has 2 heterocycles. The van der Waals surface area contributed by atoms with Crippen LogP contribution in [0.25, 0.3) is 0 Å². The van der Waals surface area contributed by atoms with Gasteiger partial charge in [0.05, 0.1) is 23.6 Å². The number of nitrogens with one attached hydrogen (secondary N) is 1. The highest BCUT2D eigenvalue weighted by Gasteiger charge is 2.23. The number of esters is 1. The van der Waals surface area contributed by atoms with Gasteiger partial charge in [-0.3, -0.25) is 9.48 Å². The first kappa shape index (κ1) is 22.9. The van der Waals surface area contributed by atoms with E-state index in [4.69, 9.17) is 9.47 Å². The first-order chi connectivity index (χ1) is 15.0. The summed E-state index contributed by atoms with van der Waals surface area (Å²) >= 11 is 0. The normalized spacial score (nSPS) is 15.0. The molecule has 1 amide bonds. The predicted octanol–water partition coefficient (Wildman–Crippen LogP) is 3.05. The molecular formula is C22H27F2N3O4. The number of fused-ring (bicyclic) bond motifs is 1. The van der Waals surface area contributed by atoms with Crippen LogP contribution >= 0.6 is 0 Å². The maximum Gasteiger partial charge on any atom is 0.344 e. The van der Waals surface area contributed by atoms with Crippen molar-refractivity contribution in [3.05, 3.63) is 52.3 Å². The van der Waals surface area contributed by atoms with Crippen molar-refractivity contribution in [3.8, 4) is 0 Å². The molecule has 0 aliphatic carbocycles. The first-order valence-electron chi connectivity index (χ1n) is 10.6. The van der Waals surface area contributed by atoms with Crippen molar-refractivity contribution in [2.24, 2.45) is 0 Å². The molecule has 3 rings (SSSR count). The molecule has 7 nitrogen and oxygen atoms in total. The lowest BCUT2D eigenvalue weighted by Crippen LogP contribution is -2.26. The second kappa shape index (κ2) is 11.0. The van der Waals surface area contributed by atoms with Gasteiger partial charge in [-0.05, 0) is 37.8 Å². The third kappa shape index (κ3) is 5.66. The van der Waals surface area contributed by atoms with E-state index in [2.05, 4.69) is 10.4 Å². The lowest BCUT2D eigenvalue weighted by Gasteiger charge is -2.10. The van der Waals surface area contributed by atoms with Gasteiger partial charge in [0.15, 0.2) is 0 Å². The molecule has 2 aromatic rings. The summed E-state index contributed by atoms with van der Waals surface area (Å²) in [5.41, 5.74) is 1.46. The van der Waals surface area contributed by atoms with E-state index in [1.54, 1.807) is 4.68 Å². The summed E-state index contributed by atoms with van der Waals surface area (Å²) in [6.07, 6.45) is 3.15. The first-order valence-corrected chi connectivity index (χ1v) is 10.6. The van der Waals surface area contributed by atoms with Crippen LogP contribution in [0.1, 0.15) is 58.3 Å². The number of carbonyl (C=O) groups excluding carboxylic acids is 2. The molecule has 0 unspecified atom stereocenters. The molecule has 31 heavy (non-hydrogen) atoms. The fourth-order valence-corrected chi connectivity index (χ4v) is 3.55. The Bertz CT molecular complexity index is 909. The average Bonchev–Trinajstić information content (AvgIpc) is 3.08. The second-order valence-corrected chi connectivity index (χ2v) is 7.26. The van der Waals surface area contributed by atoms with Gasteiger partial charge >= 0.3 is 5.97 Å². The van der Waals surface area contributed by atoms with Crippen LogP contribution in [0.4, 0.5) is 8.78 Å². The Morgan fingerprint density at radius 1 is 1.26 bits per heavy atom. The number of nitrogens with zero attached hydrogens (tertiary/aromatic N) is 2. The predicted molar refractivity (Wildman–Crippen MR) is 109 cm³/mol. The van der Waals surface area contributed by atoms with Crippen molar-refractivity contribution in [2.75, 3.05) is 26.4 Å². The minimum Gasteiger partial charge on any atom is -0.462 e. The van der Waals surface area contributed by atoms with Crippen LogP contribution in [0.2, 0.25) is 0 Å². The second-order valence-electron chi connectivity index (χ2n) is 7.26. The van der Waals surface area contributed by atoms with Crippen LogP contribution in [0.15, 0.2) is 18.2 Å². The Hall–Kier alpha value is -2.81. The lowest BCUT2D eigenvalue weighted by molar-refractivity contribution is 0.0483. The largest absolute Gasteiger partial charge is 0.462 e. The Morgan fingerprint density at radius 3 is 2.74 bits per heavy atom. The molecule has 1 aromatic carbocycles. The summed E-state index contributed by atoms with van der Waals surface area (Å²) in [6.45, 7) is 4.07. The number of halogens is 2. The van der Waals surface area contributed by atoms with Crippen LogP contribution in [-0.2, 0) is 28.9 Å². The number of hydrogen-bond acceptors (Lipinski definition) is 5. The number of benzene rings is 1. The van der Waals surface area contributed by atoms with Crippen LogP contribution < -0.4 is 5.32 Å². The van der Waals surface area contributed by atoms with Gasteiger partial charge < -0.3 is 14.8 Å². The summed E-state index contributed by atoms with van der Waals surface area (Å²) in [6, 6.07) is 3.20. The van der Waals surface area contributed by atoms with Crippen molar-refractivity contribution < 1.29 is 27.8 Å². The van der Waals surface area contributed by atoms with Crippen molar-refractivity contribution in [1.29, 1.82) is 0 Å². The fraction of sp³-hybridized carbons (Fsp3) is 0.500. The molecule has 0 saturated heterocycles. The third-order valence-corrected chi connectivity index (χ3v) is 5.06. The van der Waals surface area contributed by atoms with Crippen molar-refractivity contribution in [1.82, 2.24) is 15.1 Å². The van der Waals surface area contributed by atoms with E-state index in [0.717, 1.165) is 36.4 Å². The minimum absolute atomic E-state index is 0.0298. The molecule has 0 atom stereocenters. The van der Waals surface area contributed by atoms with E-state index >= 15 is 0 Å². The lowest BCUT2D eigenvalue weighted by atomic mass is 10.1. The van der Waals surface area contributed by atoms with Gasteiger partial charge in [-0.25, -0.2) is 13.6 Å². The standard InChI is InChI=1S/C22H27F2N3O4/c1-2-17-20-18(9-4-12-30-13-5-10-25-21(20)28)27(26-17)11-6-14-31-22(29)19-15(23)7-3-8-16(19)24/h3,7-8H,2,4-6,9-14H2,1H3,(H,25,28). The molecule has 1 aromatic heterocycles. The Kier molecular flexibility index (Phi) is 8.11. The minimum atomic E-state index is -1.04. The smallest absolute Gasteiger partial charge is 0.344 e. The molecule has 9 heteroatoms. The highest BCUT2D eigenvalue weighted by molar-refractivity contribution is 5.96. The number of hydrogen-bond donors (Lipinski definition) is 1. The van der Waals surface area contributed by atoms with Crippen LogP contribution in [-0.4, -0.2) is 48.0 Å². The fourth-order valence-electron chi connectivity index (χ4n) is 3.55. The average molecular weight is 435 g/mol. The van der Waals surface area contributed by atoms with Gasteiger partial charge in [0.1, 0.15) is 17.2 Å². The van der Waals surface area contributed by atoms with Gasteiger partial charge in [-0.15, -0.1) is 0 Å². The van der Waals surface area contributed by atoms with Crippen LogP contribution in [0.3, 0.4) is 0 Å². The van der Waals surface area contributed by atoms with E-state index in [0.29, 0.717) is 51.1 Å². The molecule has 0 radical (unpaired) electrons. The van der Waals surface area contributed by atoms with E-state index in [9.17, 15) is 18.4 Å². The molecule has 1 aliphatic rings. The van der Waals surface area contributed by atoms with E-state index in [1.807, 2.05) is 6.92 Å². The van der Waals surface area contributed by atoms with E-state index in [1.165, 1.54) is 6.07 Å². The van der Waals surface area contributed by atoms with Gasteiger partial charge in [-0.1, -0.05) is 13.0 Å². The number of carbonyl (C=O) groups is 2. The van der Waals surface area contributed by atoms with Crippen molar-refractivity contribution in [3.63, 3.8) is 0 Å². The zero-order valence-corrected chi connectivity index (χ0v) is 17.6. The molecule has 0 spiro atoms. The van der Waals surface area contributed by atoms with E-state index in [-0.39, 0.29) is 12.5 Å². The Morgan fingerprint density at radius 2 is 2.00 bits per heavy atom. The summed E-state index contributed by atoms with van der Waals surface area (Å²) in [5.74, 6) is -3.09. The zero-order chi connectivity index (χ0) is 22.2. The maximum atomic E-state index is 13.7. The summed E-state index contributed by atoms with van der Waals surface area (Å²) in [5, 5.41) is 7.51. The number of ether oxygens (including phenoxy) is 2. The van der Waals surface area contributed by atoms with Gasteiger partial charge in [0, 0.05) is 32.7 Å².